The van der Waals surface area contributed by atoms with Crippen molar-refractivity contribution < 1.29 is 0 Å². The Morgan fingerprint density at radius 2 is 1.92 bits per heavy atom. The van der Waals surface area contributed by atoms with Crippen LogP contribution in [0.1, 0.15) is 29.5 Å². The molecular weight excluding hydrogens is 158 g/mol. The molecule has 0 radical (unpaired) electrons. The number of aryl methyl sites for hydroxylation is 2. The van der Waals surface area contributed by atoms with E-state index in [1.807, 2.05) is 0 Å². The summed E-state index contributed by atoms with van der Waals surface area (Å²) < 4.78 is 0. The highest BCUT2D eigenvalue weighted by Gasteiger charge is 1.99. The van der Waals surface area contributed by atoms with Gasteiger partial charge in [0.15, 0.2) is 0 Å². The standard InChI is InChI=1S/C12H19N/c1-10-6-5-8-12(11(10)2)7-3-4-9-13/h5-6,8H,3-4,7,9,13H2,1-2H3. The van der Waals surface area contributed by atoms with E-state index in [4.69, 9.17) is 5.73 Å². The summed E-state index contributed by atoms with van der Waals surface area (Å²) in [7, 11) is 0. The number of hydrogen-bond acceptors (Lipinski definition) is 1. The predicted octanol–water partition coefficient (Wildman–Crippen LogP) is 2.58. The van der Waals surface area contributed by atoms with Crippen molar-refractivity contribution in [2.24, 2.45) is 5.73 Å². The average molecular weight is 177 g/mol. The zero-order chi connectivity index (χ0) is 9.68. The number of unbranched alkanes of at least 4 members (excludes halogenated alkanes) is 1. The second-order valence-corrected chi connectivity index (χ2v) is 3.60. The Morgan fingerprint density at radius 1 is 1.15 bits per heavy atom. The molecule has 0 atom stereocenters. The Morgan fingerprint density at radius 3 is 2.62 bits per heavy atom. The molecule has 0 fully saturated rings. The lowest BCUT2D eigenvalue weighted by atomic mass is 9.99. The third-order valence-electron chi connectivity index (χ3n) is 2.62. The molecular formula is C12H19N. The molecule has 1 aromatic carbocycles. The second kappa shape index (κ2) is 5.03. The van der Waals surface area contributed by atoms with E-state index in [1.54, 1.807) is 0 Å². The van der Waals surface area contributed by atoms with Gasteiger partial charge >= 0.3 is 0 Å². The Bertz CT molecular complexity index is 266. The van der Waals surface area contributed by atoms with Gasteiger partial charge in [0.2, 0.25) is 0 Å². The first-order valence-corrected chi connectivity index (χ1v) is 5.01. The fourth-order valence-electron chi connectivity index (χ4n) is 1.54. The first-order chi connectivity index (χ1) is 6.25. The zero-order valence-corrected chi connectivity index (χ0v) is 8.64. The molecule has 0 aliphatic carbocycles. The van der Waals surface area contributed by atoms with E-state index in [-0.39, 0.29) is 0 Å². The second-order valence-electron chi connectivity index (χ2n) is 3.60. The van der Waals surface area contributed by atoms with Gasteiger partial charge in [-0.25, -0.2) is 0 Å². The summed E-state index contributed by atoms with van der Waals surface area (Å²) in [4.78, 5) is 0. The molecule has 0 saturated carbocycles. The molecule has 1 aromatic rings. The van der Waals surface area contributed by atoms with Gasteiger partial charge in [-0.15, -0.1) is 0 Å². The molecule has 0 unspecified atom stereocenters. The van der Waals surface area contributed by atoms with Gasteiger partial charge < -0.3 is 5.73 Å². The predicted molar refractivity (Wildman–Crippen MR) is 57.9 cm³/mol. The minimum absolute atomic E-state index is 0.810. The summed E-state index contributed by atoms with van der Waals surface area (Å²) in [5, 5.41) is 0. The van der Waals surface area contributed by atoms with Crippen molar-refractivity contribution in [3.63, 3.8) is 0 Å². The minimum atomic E-state index is 0.810. The Labute approximate surface area is 81.0 Å². The van der Waals surface area contributed by atoms with Crippen LogP contribution >= 0.6 is 0 Å². The maximum atomic E-state index is 5.46. The van der Waals surface area contributed by atoms with Gasteiger partial charge in [0.25, 0.3) is 0 Å². The first kappa shape index (κ1) is 10.3. The van der Waals surface area contributed by atoms with Crippen molar-refractivity contribution in [2.75, 3.05) is 6.54 Å². The number of rotatable bonds is 4. The molecule has 0 aliphatic heterocycles. The van der Waals surface area contributed by atoms with Crippen molar-refractivity contribution in [1.29, 1.82) is 0 Å². The molecule has 0 aromatic heterocycles. The monoisotopic (exact) mass is 177 g/mol. The highest BCUT2D eigenvalue weighted by atomic mass is 14.5. The highest BCUT2D eigenvalue weighted by Crippen LogP contribution is 2.14. The zero-order valence-electron chi connectivity index (χ0n) is 8.64. The van der Waals surface area contributed by atoms with Crippen LogP contribution in [0.3, 0.4) is 0 Å². The van der Waals surface area contributed by atoms with Crippen LogP contribution in [0, 0.1) is 13.8 Å². The molecule has 0 amide bonds. The summed E-state index contributed by atoms with van der Waals surface area (Å²) in [5.41, 5.74) is 9.78. The average Bonchev–Trinajstić information content (AvgIpc) is 2.13. The Hall–Kier alpha value is -0.820. The molecule has 2 N–H and O–H groups in total. The van der Waals surface area contributed by atoms with E-state index in [0.29, 0.717) is 0 Å². The van der Waals surface area contributed by atoms with Crippen molar-refractivity contribution in [1.82, 2.24) is 0 Å². The van der Waals surface area contributed by atoms with E-state index in [0.717, 1.165) is 13.0 Å². The van der Waals surface area contributed by atoms with Crippen molar-refractivity contribution in [3.8, 4) is 0 Å². The van der Waals surface area contributed by atoms with Crippen molar-refractivity contribution >= 4 is 0 Å². The SMILES string of the molecule is Cc1cccc(CCCCN)c1C. The van der Waals surface area contributed by atoms with Crippen LogP contribution in [0.15, 0.2) is 18.2 Å². The normalized spacial score (nSPS) is 10.4. The highest BCUT2D eigenvalue weighted by molar-refractivity contribution is 5.33. The molecule has 13 heavy (non-hydrogen) atoms. The summed E-state index contributed by atoms with van der Waals surface area (Å²) in [5.74, 6) is 0. The van der Waals surface area contributed by atoms with Crippen molar-refractivity contribution in [3.05, 3.63) is 34.9 Å². The number of nitrogens with two attached hydrogens (primary N) is 1. The largest absolute Gasteiger partial charge is 0.330 e. The first-order valence-electron chi connectivity index (χ1n) is 5.01. The smallest absolute Gasteiger partial charge is 0.00772 e. The summed E-state index contributed by atoms with van der Waals surface area (Å²) >= 11 is 0. The van der Waals surface area contributed by atoms with Gasteiger partial charge in [-0.3, -0.25) is 0 Å². The fraction of sp³-hybridized carbons (Fsp3) is 0.500. The molecule has 0 saturated heterocycles. The van der Waals surface area contributed by atoms with Gasteiger partial charge in [0, 0.05) is 0 Å². The number of hydrogen-bond donors (Lipinski definition) is 1. The van der Waals surface area contributed by atoms with Gasteiger partial charge in [0.1, 0.15) is 0 Å². The molecule has 72 valence electrons. The van der Waals surface area contributed by atoms with Crippen LogP contribution in [-0.2, 0) is 6.42 Å². The molecule has 0 bridgehead atoms. The molecule has 1 nitrogen and oxygen atoms in total. The lowest BCUT2D eigenvalue weighted by Gasteiger charge is -2.07. The van der Waals surface area contributed by atoms with E-state index in [9.17, 15) is 0 Å². The van der Waals surface area contributed by atoms with Crippen LogP contribution < -0.4 is 5.73 Å². The fourth-order valence-corrected chi connectivity index (χ4v) is 1.54. The molecule has 0 heterocycles. The van der Waals surface area contributed by atoms with E-state index in [2.05, 4.69) is 32.0 Å². The van der Waals surface area contributed by atoms with Gasteiger partial charge in [-0.2, -0.15) is 0 Å². The van der Waals surface area contributed by atoms with E-state index < -0.39 is 0 Å². The maximum Gasteiger partial charge on any atom is -0.00772 e. The van der Waals surface area contributed by atoms with Crippen molar-refractivity contribution in [2.45, 2.75) is 33.1 Å². The summed E-state index contributed by atoms with van der Waals surface area (Å²) in [6.07, 6.45) is 3.51. The Balaban J connectivity index is 2.61. The third-order valence-corrected chi connectivity index (χ3v) is 2.62. The topological polar surface area (TPSA) is 26.0 Å². The lowest BCUT2D eigenvalue weighted by Crippen LogP contribution is -2.00. The van der Waals surface area contributed by atoms with E-state index >= 15 is 0 Å². The minimum Gasteiger partial charge on any atom is -0.330 e. The summed E-state index contributed by atoms with van der Waals surface area (Å²) in [6.45, 7) is 5.18. The van der Waals surface area contributed by atoms with Crippen LogP contribution in [0.4, 0.5) is 0 Å². The Kier molecular flexibility index (Phi) is 3.97. The maximum absolute atomic E-state index is 5.46. The van der Waals surface area contributed by atoms with Gasteiger partial charge in [-0.05, 0) is 56.3 Å². The van der Waals surface area contributed by atoms with Crippen LogP contribution in [0.5, 0.6) is 0 Å². The number of benzene rings is 1. The van der Waals surface area contributed by atoms with Crippen LogP contribution in [0.2, 0.25) is 0 Å². The van der Waals surface area contributed by atoms with Gasteiger partial charge in [0.05, 0.1) is 0 Å². The molecule has 1 heteroatoms. The molecule has 1 rings (SSSR count). The molecule has 0 spiro atoms. The van der Waals surface area contributed by atoms with E-state index in [1.165, 1.54) is 29.5 Å². The van der Waals surface area contributed by atoms with Gasteiger partial charge in [-0.1, -0.05) is 18.2 Å². The van der Waals surface area contributed by atoms with Crippen LogP contribution in [0.25, 0.3) is 0 Å². The van der Waals surface area contributed by atoms with Crippen LogP contribution in [-0.4, -0.2) is 6.54 Å². The quantitative estimate of drug-likeness (QED) is 0.703. The summed E-state index contributed by atoms with van der Waals surface area (Å²) in [6, 6.07) is 6.53. The lowest BCUT2D eigenvalue weighted by molar-refractivity contribution is 0.742. The molecule has 0 aliphatic rings. The third kappa shape index (κ3) is 2.85.